The fourth-order valence-electron chi connectivity index (χ4n) is 2.54. The number of nitriles is 1. The number of aryl methyl sites for hydroxylation is 2. The molecule has 3 nitrogen and oxygen atoms in total. The van der Waals surface area contributed by atoms with Crippen molar-refractivity contribution in [1.29, 1.82) is 5.26 Å². The predicted octanol–water partition coefficient (Wildman–Crippen LogP) is 3.78. The lowest BCUT2D eigenvalue weighted by Gasteiger charge is -2.20. The van der Waals surface area contributed by atoms with Crippen molar-refractivity contribution in [1.82, 2.24) is 4.98 Å². The van der Waals surface area contributed by atoms with E-state index in [0.717, 1.165) is 36.6 Å². The lowest BCUT2D eigenvalue weighted by Crippen LogP contribution is -2.19. The predicted molar refractivity (Wildman–Crippen MR) is 86.3 cm³/mol. The lowest BCUT2D eigenvalue weighted by atomic mass is 9.95. The van der Waals surface area contributed by atoms with Crippen LogP contribution in [0.3, 0.4) is 0 Å². The van der Waals surface area contributed by atoms with Crippen LogP contribution in [-0.2, 0) is 12.8 Å². The maximum Gasteiger partial charge on any atom is 0.144 e. The van der Waals surface area contributed by atoms with Gasteiger partial charge in [-0.25, -0.2) is 4.98 Å². The molecule has 0 saturated heterocycles. The van der Waals surface area contributed by atoms with Crippen LogP contribution in [0.5, 0.6) is 0 Å². The first-order valence-electron chi connectivity index (χ1n) is 7.51. The number of rotatable bonds is 6. The number of nitrogens with zero attached hydrogens (tertiary/aromatic N) is 2. The van der Waals surface area contributed by atoms with Gasteiger partial charge in [0.15, 0.2) is 0 Å². The second kappa shape index (κ2) is 7.54. The van der Waals surface area contributed by atoms with Gasteiger partial charge in [-0.15, -0.1) is 0 Å². The third-order valence-electron chi connectivity index (χ3n) is 3.70. The molecule has 1 atom stereocenters. The Bertz CT molecular complexity index is 493. The normalized spacial score (nSPS) is 15.2. The standard InChI is InChI=1S/C16H23N3S/c1-3-20-9-8-12(2)18-16-14(11-17)10-13-6-4-5-7-15(13)19-16/h10,12H,3-9H2,1-2H3,(H,18,19). The highest BCUT2D eigenvalue weighted by atomic mass is 32.2. The Labute approximate surface area is 126 Å². The summed E-state index contributed by atoms with van der Waals surface area (Å²) in [7, 11) is 0. The van der Waals surface area contributed by atoms with Gasteiger partial charge < -0.3 is 5.32 Å². The van der Waals surface area contributed by atoms with E-state index in [2.05, 4.69) is 25.2 Å². The Morgan fingerprint density at radius 3 is 3.00 bits per heavy atom. The van der Waals surface area contributed by atoms with Gasteiger partial charge in [-0.3, -0.25) is 0 Å². The molecule has 20 heavy (non-hydrogen) atoms. The molecule has 1 unspecified atom stereocenters. The third kappa shape index (κ3) is 3.89. The first-order valence-corrected chi connectivity index (χ1v) is 8.67. The molecule has 0 aliphatic heterocycles. The van der Waals surface area contributed by atoms with Gasteiger partial charge in [-0.2, -0.15) is 17.0 Å². The minimum absolute atomic E-state index is 0.357. The molecule has 1 aromatic heterocycles. The molecule has 1 aliphatic carbocycles. The van der Waals surface area contributed by atoms with Crippen molar-refractivity contribution < 1.29 is 0 Å². The van der Waals surface area contributed by atoms with E-state index in [1.807, 2.05) is 17.8 Å². The van der Waals surface area contributed by atoms with Crippen LogP contribution in [0.1, 0.15) is 49.9 Å². The second-order valence-corrected chi connectivity index (χ2v) is 6.73. The first kappa shape index (κ1) is 15.2. The maximum absolute atomic E-state index is 9.31. The summed E-state index contributed by atoms with van der Waals surface area (Å²) in [5.41, 5.74) is 3.15. The van der Waals surface area contributed by atoms with Crippen LogP contribution < -0.4 is 5.32 Å². The number of pyridine rings is 1. The highest BCUT2D eigenvalue weighted by Crippen LogP contribution is 2.25. The van der Waals surface area contributed by atoms with Crippen molar-refractivity contribution in [3.05, 3.63) is 22.9 Å². The van der Waals surface area contributed by atoms with Crippen LogP contribution in [0.4, 0.5) is 5.82 Å². The molecule has 0 bridgehead atoms. The maximum atomic E-state index is 9.31. The summed E-state index contributed by atoms with van der Waals surface area (Å²) >= 11 is 1.95. The number of anilines is 1. The van der Waals surface area contributed by atoms with E-state index >= 15 is 0 Å². The molecule has 1 aromatic rings. The monoisotopic (exact) mass is 289 g/mol. The summed E-state index contributed by atoms with van der Waals surface area (Å²) in [5.74, 6) is 3.09. The van der Waals surface area contributed by atoms with Crippen molar-refractivity contribution in [2.24, 2.45) is 0 Å². The quantitative estimate of drug-likeness (QED) is 0.810. The minimum atomic E-state index is 0.357. The van der Waals surface area contributed by atoms with E-state index in [1.165, 1.54) is 24.1 Å². The average molecular weight is 289 g/mol. The van der Waals surface area contributed by atoms with Gasteiger partial charge >= 0.3 is 0 Å². The molecule has 0 amide bonds. The van der Waals surface area contributed by atoms with Crippen molar-refractivity contribution in [2.45, 2.75) is 52.0 Å². The van der Waals surface area contributed by atoms with E-state index in [4.69, 9.17) is 4.98 Å². The highest BCUT2D eigenvalue weighted by molar-refractivity contribution is 7.99. The van der Waals surface area contributed by atoms with Gasteiger partial charge in [-0.05, 0) is 62.2 Å². The number of fused-ring (bicyclic) bond motifs is 1. The average Bonchev–Trinajstić information content (AvgIpc) is 2.46. The number of thioether (sulfide) groups is 1. The molecule has 0 fully saturated rings. The van der Waals surface area contributed by atoms with E-state index in [0.29, 0.717) is 11.6 Å². The third-order valence-corrected chi connectivity index (χ3v) is 4.64. The summed E-state index contributed by atoms with van der Waals surface area (Å²) in [6.07, 6.45) is 5.66. The number of nitrogens with one attached hydrogen (secondary N) is 1. The molecule has 108 valence electrons. The zero-order valence-corrected chi connectivity index (χ0v) is 13.2. The van der Waals surface area contributed by atoms with Crippen LogP contribution >= 0.6 is 11.8 Å². The molecular weight excluding hydrogens is 266 g/mol. The van der Waals surface area contributed by atoms with Gasteiger partial charge in [0.1, 0.15) is 11.9 Å². The summed E-state index contributed by atoms with van der Waals surface area (Å²) in [6, 6.07) is 4.68. The van der Waals surface area contributed by atoms with Gasteiger partial charge in [0.25, 0.3) is 0 Å². The second-order valence-electron chi connectivity index (χ2n) is 5.34. The Hall–Kier alpha value is -1.21. The molecular formula is C16H23N3S. The number of hydrogen-bond acceptors (Lipinski definition) is 4. The zero-order chi connectivity index (χ0) is 14.4. The van der Waals surface area contributed by atoms with E-state index < -0.39 is 0 Å². The van der Waals surface area contributed by atoms with Crippen LogP contribution in [0, 0.1) is 11.3 Å². The van der Waals surface area contributed by atoms with E-state index in [-0.39, 0.29) is 0 Å². The fourth-order valence-corrected chi connectivity index (χ4v) is 3.35. The summed E-state index contributed by atoms with van der Waals surface area (Å²) in [5, 5.41) is 12.7. The van der Waals surface area contributed by atoms with Crippen molar-refractivity contribution >= 4 is 17.6 Å². The molecule has 0 saturated carbocycles. The molecule has 1 N–H and O–H groups in total. The summed E-state index contributed by atoms with van der Waals surface area (Å²) < 4.78 is 0. The van der Waals surface area contributed by atoms with Crippen LogP contribution in [-0.4, -0.2) is 22.5 Å². The zero-order valence-electron chi connectivity index (χ0n) is 12.4. The summed E-state index contributed by atoms with van der Waals surface area (Å²) in [4.78, 5) is 4.71. The highest BCUT2D eigenvalue weighted by Gasteiger charge is 2.16. The summed E-state index contributed by atoms with van der Waals surface area (Å²) in [6.45, 7) is 4.35. The molecule has 1 aliphatic rings. The smallest absolute Gasteiger partial charge is 0.144 e. The number of aromatic nitrogens is 1. The van der Waals surface area contributed by atoms with Gasteiger partial charge in [0.2, 0.25) is 0 Å². The molecule has 1 heterocycles. The van der Waals surface area contributed by atoms with Gasteiger partial charge in [0, 0.05) is 11.7 Å². The SMILES string of the molecule is CCSCCC(C)Nc1nc2c(cc1C#N)CCCC2. The van der Waals surface area contributed by atoms with Crippen molar-refractivity contribution in [2.75, 3.05) is 16.8 Å². The van der Waals surface area contributed by atoms with E-state index in [9.17, 15) is 5.26 Å². The Balaban J connectivity index is 2.08. The van der Waals surface area contributed by atoms with Crippen molar-refractivity contribution in [3.63, 3.8) is 0 Å². The fraction of sp³-hybridized carbons (Fsp3) is 0.625. The lowest BCUT2D eigenvalue weighted by molar-refractivity contribution is 0.666. The van der Waals surface area contributed by atoms with Gasteiger partial charge in [0.05, 0.1) is 5.56 Å². The largest absolute Gasteiger partial charge is 0.366 e. The number of hydrogen-bond donors (Lipinski definition) is 1. The molecule has 0 aromatic carbocycles. The van der Waals surface area contributed by atoms with Crippen molar-refractivity contribution in [3.8, 4) is 6.07 Å². The Morgan fingerprint density at radius 1 is 1.45 bits per heavy atom. The van der Waals surface area contributed by atoms with Crippen LogP contribution in [0.2, 0.25) is 0 Å². The van der Waals surface area contributed by atoms with Crippen LogP contribution in [0.25, 0.3) is 0 Å². The topological polar surface area (TPSA) is 48.7 Å². The minimum Gasteiger partial charge on any atom is -0.366 e. The molecule has 0 spiro atoms. The first-order chi connectivity index (χ1) is 9.74. The van der Waals surface area contributed by atoms with Crippen LogP contribution in [0.15, 0.2) is 6.07 Å². The van der Waals surface area contributed by atoms with Gasteiger partial charge in [-0.1, -0.05) is 6.92 Å². The Morgan fingerprint density at radius 2 is 2.25 bits per heavy atom. The molecule has 0 radical (unpaired) electrons. The Kier molecular flexibility index (Phi) is 5.72. The molecule has 4 heteroatoms. The molecule has 2 rings (SSSR count). The van der Waals surface area contributed by atoms with E-state index in [1.54, 1.807) is 0 Å².